The van der Waals surface area contributed by atoms with Gasteiger partial charge in [0.25, 0.3) is 5.91 Å². The van der Waals surface area contributed by atoms with Crippen molar-refractivity contribution in [2.24, 2.45) is 0 Å². The molecule has 112 valence electrons. The highest BCUT2D eigenvalue weighted by molar-refractivity contribution is 6.02. The van der Waals surface area contributed by atoms with Gasteiger partial charge in [-0.05, 0) is 30.2 Å². The van der Waals surface area contributed by atoms with Crippen LogP contribution in [0, 0.1) is 0 Å². The minimum absolute atomic E-state index is 0.103. The van der Waals surface area contributed by atoms with E-state index >= 15 is 0 Å². The van der Waals surface area contributed by atoms with Crippen LogP contribution in [0.2, 0.25) is 0 Å². The lowest BCUT2D eigenvalue weighted by atomic mass is 10.1. The van der Waals surface area contributed by atoms with Gasteiger partial charge in [0.15, 0.2) is 5.76 Å². The predicted octanol–water partition coefficient (Wildman–Crippen LogP) is 2.44. The van der Waals surface area contributed by atoms with Crippen molar-refractivity contribution in [2.45, 2.75) is 6.42 Å². The molecule has 0 spiro atoms. The number of fused-ring (bicyclic) bond motifs is 1. The summed E-state index contributed by atoms with van der Waals surface area (Å²) >= 11 is 0. The Kier molecular flexibility index (Phi) is 3.91. The van der Waals surface area contributed by atoms with Gasteiger partial charge in [0, 0.05) is 23.6 Å². The summed E-state index contributed by atoms with van der Waals surface area (Å²) in [6.07, 6.45) is 3.98. The number of benzene rings is 1. The average molecular weight is 297 g/mol. The Balaban J connectivity index is 1.50. The number of para-hydroxylation sites is 1. The number of hydrogen-bond donors (Lipinski definition) is 3. The molecule has 0 aliphatic heterocycles. The molecule has 0 bridgehead atoms. The van der Waals surface area contributed by atoms with Crippen molar-refractivity contribution in [3.05, 3.63) is 60.2 Å². The molecule has 0 aliphatic rings. The van der Waals surface area contributed by atoms with E-state index in [1.54, 1.807) is 6.07 Å². The Morgan fingerprint density at radius 1 is 1.14 bits per heavy atom. The van der Waals surface area contributed by atoms with Crippen LogP contribution in [0.25, 0.3) is 10.9 Å². The normalized spacial score (nSPS) is 10.5. The summed E-state index contributed by atoms with van der Waals surface area (Å²) in [5, 5.41) is 6.00. The van der Waals surface area contributed by atoms with E-state index in [0.717, 1.165) is 16.5 Å². The number of nitrogens with one attached hydrogen (secondary N) is 3. The number of aromatic nitrogens is 1. The summed E-state index contributed by atoms with van der Waals surface area (Å²) in [7, 11) is 0. The van der Waals surface area contributed by atoms with E-state index < -0.39 is 11.9 Å². The highest BCUT2D eigenvalue weighted by atomic mass is 16.3. The molecule has 0 unspecified atom stereocenters. The highest BCUT2D eigenvalue weighted by Crippen LogP contribution is 2.17. The van der Waals surface area contributed by atoms with Crippen molar-refractivity contribution in [1.82, 2.24) is 15.6 Å². The van der Waals surface area contributed by atoms with Crippen molar-refractivity contribution in [3.63, 3.8) is 0 Å². The van der Waals surface area contributed by atoms with Gasteiger partial charge in [-0.15, -0.1) is 0 Å². The topological polar surface area (TPSA) is 87.1 Å². The molecule has 3 aromatic rings. The van der Waals surface area contributed by atoms with Gasteiger partial charge in [-0.25, -0.2) is 4.79 Å². The second kappa shape index (κ2) is 6.17. The average Bonchev–Trinajstić information content (AvgIpc) is 3.17. The molecule has 3 N–H and O–H groups in total. The summed E-state index contributed by atoms with van der Waals surface area (Å²) < 4.78 is 4.91. The number of hydrogen-bond acceptors (Lipinski definition) is 3. The molecule has 0 radical (unpaired) electrons. The maximum atomic E-state index is 11.6. The first kappa shape index (κ1) is 13.9. The number of carbonyl (C=O) groups is 2. The third-order valence-electron chi connectivity index (χ3n) is 3.33. The summed E-state index contributed by atoms with van der Waals surface area (Å²) in [5.41, 5.74) is 2.18. The quantitative estimate of drug-likeness (QED) is 0.691. The smallest absolute Gasteiger partial charge is 0.321 e. The van der Waals surface area contributed by atoms with Crippen molar-refractivity contribution in [1.29, 1.82) is 0 Å². The first-order valence-corrected chi connectivity index (χ1v) is 6.92. The van der Waals surface area contributed by atoms with Crippen LogP contribution < -0.4 is 10.6 Å². The van der Waals surface area contributed by atoms with Crippen LogP contribution in [0.1, 0.15) is 16.1 Å². The molecule has 3 rings (SSSR count). The van der Waals surface area contributed by atoms with E-state index in [-0.39, 0.29) is 5.76 Å². The minimum Gasteiger partial charge on any atom is -0.459 e. The third-order valence-corrected chi connectivity index (χ3v) is 3.33. The fourth-order valence-electron chi connectivity index (χ4n) is 2.27. The molecule has 0 saturated carbocycles. The van der Waals surface area contributed by atoms with Gasteiger partial charge in [-0.2, -0.15) is 0 Å². The van der Waals surface area contributed by atoms with Gasteiger partial charge in [0.2, 0.25) is 0 Å². The number of imide groups is 1. The monoisotopic (exact) mass is 297 g/mol. The largest absolute Gasteiger partial charge is 0.459 e. The fraction of sp³-hybridized carbons (Fsp3) is 0.125. The SMILES string of the molecule is O=C(NCCc1c[nH]c2ccccc12)NC(=O)c1ccco1. The Bertz CT molecular complexity index is 790. The van der Waals surface area contributed by atoms with Crippen LogP contribution in [0.15, 0.2) is 53.3 Å². The minimum atomic E-state index is -0.561. The second-order valence-corrected chi connectivity index (χ2v) is 4.80. The Morgan fingerprint density at radius 3 is 2.82 bits per heavy atom. The molecule has 0 aliphatic carbocycles. The van der Waals surface area contributed by atoms with Gasteiger partial charge < -0.3 is 14.7 Å². The Morgan fingerprint density at radius 2 is 2.00 bits per heavy atom. The molecular formula is C16H15N3O3. The van der Waals surface area contributed by atoms with Crippen LogP contribution in [0.4, 0.5) is 4.79 Å². The lowest BCUT2D eigenvalue weighted by Gasteiger charge is -2.05. The molecule has 3 amide bonds. The van der Waals surface area contributed by atoms with Crippen LogP contribution in [0.5, 0.6) is 0 Å². The van der Waals surface area contributed by atoms with Crippen LogP contribution in [-0.4, -0.2) is 23.5 Å². The summed E-state index contributed by atoms with van der Waals surface area (Å²) in [6, 6.07) is 10.5. The maximum Gasteiger partial charge on any atom is 0.321 e. The first-order valence-electron chi connectivity index (χ1n) is 6.92. The van der Waals surface area contributed by atoms with Gasteiger partial charge >= 0.3 is 6.03 Å². The summed E-state index contributed by atoms with van der Waals surface area (Å²) in [5.74, 6) is -0.457. The zero-order valence-electron chi connectivity index (χ0n) is 11.8. The summed E-state index contributed by atoms with van der Waals surface area (Å²) in [6.45, 7) is 0.430. The van der Waals surface area contributed by atoms with E-state index in [1.165, 1.54) is 12.3 Å². The molecular weight excluding hydrogens is 282 g/mol. The van der Waals surface area contributed by atoms with Gasteiger partial charge in [0.1, 0.15) is 0 Å². The van der Waals surface area contributed by atoms with Crippen molar-refractivity contribution in [2.75, 3.05) is 6.54 Å². The molecule has 0 saturated heterocycles. The zero-order chi connectivity index (χ0) is 15.4. The molecule has 2 aromatic heterocycles. The van der Waals surface area contributed by atoms with E-state index in [1.807, 2.05) is 30.5 Å². The highest BCUT2D eigenvalue weighted by Gasteiger charge is 2.12. The molecule has 22 heavy (non-hydrogen) atoms. The van der Waals surface area contributed by atoms with Gasteiger partial charge in [0.05, 0.1) is 6.26 Å². The number of H-pyrrole nitrogens is 1. The van der Waals surface area contributed by atoms with Crippen LogP contribution in [-0.2, 0) is 6.42 Å². The first-order chi connectivity index (χ1) is 10.7. The molecule has 2 heterocycles. The Labute approximate surface area is 126 Å². The van der Waals surface area contributed by atoms with E-state index in [9.17, 15) is 9.59 Å². The van der Waals surface area contributed by atoms with Crippen molar-refractivity contribution in [3.8, 4) is 0 Å². The standard InChI is InChI=1S/C16H15N3O3/c20-15(14-6-3-9-22-14)19-16(21)17-8-7-11-10-18-13-5-2-1-4-12(11)13/h1-6,9-10,18H,7-8H2,(H2,17,19,20,21). The lowest BCUT2D eigenvalue weighted by molar-refractivity contribution is 0.0937. The number of furan rings is 1. The summed E-state index contributed by atoms with van der Waals surface area (Å²) in [4.78, 5) is 26.4. The van der Waals surface area contributed by atoms with Gasteiger partial charge in [-0.3, -0.25) is 10.1 Å². The fourth-order valence-corrected chi connectivity index (χ4v) is 2.27. The van der Waals surface area contributed by atoms with Crippen molar-refractivity contribution >= 4 is 22.8 Å². The lowest BCUT2D eigenvalue weighted by Crippen LogP contribution is -2.40. The van der Waals surface area contributed by atoms with Crippen LogP contribution in [0.3, 0.4) is 0 Å². The molecule has 6 nitrogen and oxygen atoms in total. The number of urea groups is 1. The zero-order valence-corrected chi connectivity index (χ0v) is 11.8. The van der Waals surface area contributed by atoms with Gasteiger partial charge in [-0.1, -0.05) is 18.2 Å². The number of rotatable bonds is 4. The number of amides is 3. The van der Waals surface area contributed by atoms with E-state index in [0.29, 0.717) is 13.0 Å². The Hall–Kier alpha value is -3.02. The number of carbonyl (C=O) groups excluding carboxylic acids is 2. The molecule has 1 aromatic carbocycles. The molecule has 0 fully saturated rings. The molecule has 6 heteroatoms. The maximum absolute atomic E-state index is 11.6. The van der Waals surface area contributed by atoms with E-state index in [2.05, 4.69) is 15.6 Å². The number of aromatic amines is 1. The van der Waals surface area contributed by atoms with Crippen LogP contribution >= 0.6 is 0 Å². The molecule has 0 atom stereocenters. The third kappa shape index (κ3) is 3.01. The van der Waals surface area contributed by atoms with E-state index in [4.69, 9.17) is 4.42 Å². The predicted molar refractivity (Wildman–Crippen MR) is 81.6 cm³/mol. The second-order valence-electron chi connectivity index (χ2n) is 4.80. The van der Waals surface area contributed by atoms with Crippen molar-refractivity contribution < 1.29 is 14.0 Å².